The lowest BCUT2D eigenvalue weighted by Gasteiger charge is -2.14. The van der Waals surface area contributed by atoms with Crippen LogP contribution in [0.2, 0.25) is 0 Å². The number of thioether (sulfide) groups is 1. The largest absolute Gasteiger partial charge is 0.497 e. The summed E-state index contributed by atoms with van der Waals surface area (Å²) in [6.45, 7) is 0. The molecule has 1 aromatic rings. The first-order chi connectivity index (χ1) is 10.5. The summed E-state index contributed by atoms with van der Waals surface area (Å²) in [5.74, 6) is -0.243. The summed E-state index contributed by atoms with van der Waals surface area (Å²) in [7, 11) is 1.54. The molecule has 1 fully saturated rings. The third-order valence-corrected chi connectivity index (χ3v) is 4.29. The van der Waals surface area contributed by atoms with Gasteiger partial charge in [0.1, 0.15) is 10.1 Å². The number of carbonyl (C=O) groups excluding carboxylic acids is 3. The Balaban J connectivity index is 1.86. The van der Waals surface area contributed by atoms with Crippen molar-refractivity contribution in [3.8, 4) is 5.75 Å². The van der Waals surface area contributed by atoms with E-state index in [9.17, 15) is 14.4 Å². The molecule has 0 radical (unpaired) electrons. The van der Waals surface area contributed by atoms with Gasteiger partial charge in [-0.1, -0.05) is 30.0 Å². The van der Waals surface area contributed by atoms with Crippen molar-refractivity contribution in [1.82, 2.24) is 4.90 Å². The molecule has 8 heteroatoms. The lowest BCUT2D eigenvalue weighted by molar-refractivity contribution is -0.133. The van der Waals surface area contributed by atoms with Crippen LogP contribution in [0.15, 0.2) is 24.3 Å². The fourth-order valence-corrected chi connectivity index (χ4v) is 2.91. The number of hydrogen-bond acceptors (Lipinski definition) is 6. The Hall–Kier alpha value is -1.93. The minimum Gasteiger partial charge on any atom is -0.497 e. The Morgan fingerprint density at radius 2 is 2.05 bits per heavy atom. The van der Waals surface area contributed by atoms with Gasteiger partial charge < -0.3 is 10.1 Å². The number of ether oxygens (including phenoxy) is 1. The molecule has 1 heterocycles. The molecule has 0 aromatic heterocycles. The predicted octanol–water partition coefficient (Wildman–Crippen LogP) is 1.80. The van der Waals surface area contributed by atoms with Crippen molar-refractivity contribution in [2.75, 3.05) is 18.2 Å². The van der Waals surface area contributed by atoms with E-state index in [1.807, 2.05) is 0 Å². The molecule has 6 nitrogen and oxygen atoms in total. The van der Waals surface area contributed by atoms with Gasteiger partial charge in [-0.05, 0) is 12.1 Å². The molecule has 1 N–H and O–H groups in total. The normalized spacial score (nSPS) is 14.1. The Morgan fingerprint density at radius 1 is 1.36 bits per heavy atom. The van der Waals surface area contributed by atoms with Gasteiger partial charge in [0.05, 0.1) is 12.9 Å². The third kappa shape index (κ3) is 4.05. The number of methoxy groups -OCH3 is 1. The number of likely N-dealkylation sites (tertiary alicyclic amines) is 1. The highest BCUT2D eigenvalue weighted by Gasteiger charge is 2.32. The number of rotatable bonds is 4. The number of carbonyl (C=O) groups is 3. The van der Waals surface area contributed by atoms with E-state index in [1.54, 1.807) is 31.4 Å². The number of nitrogens with one attached hydrogen (secondary N) is 1. The zero-order valence-electron chi connectivity index (χ0n) is 11.8. The van der Waals surface area contributed by atoms with Crippen LogP contribution in [-0.4, -0.2) is 39.8 Å². The van der Waals surface area contributed by atoms with Crippen LogP contribution in [0, 0.1) is 0 Å². The second-order valence-corrected chi connectivity index (χ2v) is 6.07. The van der Waals surface area contributed by atoms with Crippen molar-refractivity contribution < 1.29 is 19.1 Å². The van der Waals surface area contributed by atoms with E-state index >= 15 is 0 Å². The van der Waals surface area contributed by atoms with Crippen LogP contribution in [0.1, 0.15) is 12.8 Å². The molecular weight excluding hydrogens is 324 g/mol. The summed E-state index contributed by atoms with van der Waals surface area (Å²) < 4.78 is 5.19. The van der Waals surface area contributed by atoms with Crippen molar-refractivity contribution in [1.29, 1.82) is 0 Å². The van der Waals surface area contributed by atoms with Gasteiger partial charge in [0.2, 0.25) is 17.7 Å². The molecule has 22 heavy (non-hydrogen) atoms. The lowest BCUT2D eigenvalue weighted by Crippen LogP contribution is -2.33. The number of benzene rings is 1. The topological polar surface area (TPSA) is 75.7 Å². The Morgan fingerprint density at radius 3 is 2.68 bits per heavy atom. The van der Waals surface area contributed by atoms with Gasteiger partial charge in [0, 0.05) is 24.6 Å². The zero-order chi connectivity index (χ0) is 16.1. The molecular formula is C14H14N2O4S2. The molecule has 0 unspecified atom stereocenters. The van der Waals surface area contributed by atoms with E-state index in [-0.39, 0.29) is 40.6 Å². The Labute approximate surface area is 137 Å². The first-order valence-corrected chi connectivity index (χ1v) is 7.87. The minimum absolute atomic E-state index is 0.0209. The fraction of sp³-hybridized carbons (Fsp3) is 0.286. The fourth-order valence-electron chi connectivity index (χ4n) is 1.87. The SMILES string of the molecule is COc1cccc(NC(=O)CSC(=S)N2C(=O)CCC2=O)c1. The molecule has 0 saturated carbocycles. The first kappa shape index (κ1) is 16.4. The summed E-state index contributed by atoms with van der Waals surface area (Å²) >= 11 is 6.03. The maximum Gasteiger partial charge on any atom is 0.235 e. The van der Waals surface area contributed by atoms with Crippen LogP contribution in [0.5, 0.6) is 5.75 Å². The van der Waals surface area contributed by atoms with E-state index in [4.69, 9.17) is 17.0 Å². The van der Waals surface area contributed by atoms with E-state index < -0.39 is 0 Å². The van der Waals surface area contributed by atoms with Crippen LogP contribution in [0.25, 0.3) is 0 Å². The highest BCUT2D eigenvalue weighted by Crippen LogP contribution is 2.20. The maximum absolute atomic E-state index is 11.9. The lowest BCUT2D eigenvalue weighted by atomic mass is 10.3. The maximum atomic E-state index is 11.9. The monoisotopic (exact) mass is 338 g/mol. The average molecular weight is 338 g/mol. The number of nitrogens with zero attached hydrogens (tertiary/aromatic N) is 1. The molecule has 1 aromatic carbocycles. The summed E-state index contributed by atoms with van der Waals surface area (Å²) in [5, 5.41) is 2.70. The van der Waals surface area contributed by atoms with E-state index in [1.165, 1.54) is 0 Å². The second-order valence-electron chi connectivity index (χ2n) is 4.46. The van der Waals surface area contributed by atoms with Gasteiger partial charge in [-0.3, -0.25) is 14.4 Å². The highest BCUT2D eigenvalue weighted by atomic mass is 32.2. The number of amides is 3. The first-order valence-electron chi connectivity index (χ1n) is 6.47. The molecule has 116 valence electrons. The third-order valence-electron chi connectivity index (χ3n) is 2.91. The number of imide groups is 1. The molecule has 0 aliphatic carbocycles. The molecule has 2 rings (SSSR count). The molecule has 1 aliphatic rings. The van der Waals surface area contributed by atoms with Gasteiger partial charge >= 0.3 is 0 Å². The molecule has 1 saturated heterocycles. The van der Waals surface area contributed by atoms with Crippen molar-refractivity contribution in [2.24, 2.45) is 0 Å². The van der Waals surface area contributed by atoms with Crippen LogP contribution >= 0.6 is 24.0 Å². The van der Waals surface area contributed by atoms with Gasteiger partial charge in [-0.25, -0.2) is 4.90 Å². The molecule has 0 spiro atoms. The van der Waals surface area contributed by atoms with E-state index in [2.05, 4.69) is 5.32 Å². The van der Waals surface area contributed by atoms with Crippen molar-refractivity contribution >= 4 is 51.7 Å². The van der Waals surface area contributed by atoms with E-state index in [0.717, 1.165) is 16.7 Å². The number of hydrogen-bond donors (Lipinski definition) is 1. The smallest absolute Gasteiger partial charge is 0.235 e. The van der Waals surface area contributed by atoms with Crippen LogP contribution in [-0.2, 0) is 14.4 Å². The number of anilines is 1. The van der Waals surface area contributed by atoms with Gasteiger partial charge in [-0.15, -0.1) is 0 Å². The van der Waals surface area contributed by atoms with Crippen molar-refractivity contribution in [3.05, 3.63) is 24.3 Å². The zero-order valence-corrected chi connectivity index (χ0v) is 13.5. The predicted molar refractivity (Wildman–Crippen MR) is 87.8 cm³/mol. The summed E-state index contributed by atoms with van der Waals surface area (Å²) in [4.78, 5) is 35.9. The molecule has 1 aliphatic heterocycles. The van der Waals surface area contributed by atoms with E-state index in [0.29, 0.717) is 11.4 Å². The molecule has 3 amide bonds. The summed E-state index contributed by atoms with van der Waals surface area (Å²) in [5.41, 5.74) is 0.601. The highest BCUT2D eigenvalue weighted by molar-refractivity contribution is 8.23. The van der Waals surface area contributed by atoms with Gasteiger partial charge in [0.15, 0.2) is 0 Å². The van der Waals surface area contributed by atoms with Crippen LogP contribution < -0.4 is 10.1 Å². The Bertz CT molecular complexity index is 617. The number of thiocarbonyl (C=S) groups is 1. The second kappa shape index (κ2) is 7.37. The van der Waals surface area contributed by atoms with Crippen LogP contribution in [0.3, 0.4) is 0 Å². The quantitative estimate of drug-likeness (QED) is 0.666. The Kier molecular flexibility index (Phi) is 5.51. The van der Waals surface area contributed by atoms with Gasteiger partial charge in [0.25, 0.3) is 0 Å². The molecule has 0 bridgehead atoms. The van der Waals surface area contributed by atoms with Crippen molar-refractivity contribution in [2.45, 2.75) is 12.8 Å². The minimum atomic E-state index is -0.310. The molecule has 0 atom stereocenters. The standard InChI is InChI=1S/C14H14N2O4S2/c1-20-10-4-2-3-9(7-10)15-11(17)8-22-14(21)16-12(18)5-6-13(16)19/h2-4,7H,5-6,8H2,1H3,(H,15,17). The summed E-state index contributed by atoms with van der Waals surface area (Å²) in [6, 6.07) is 6.95. The van der Waals surface area contributed by atoms with Crippen LogP contribution in [0.4, 0.5) is 5.69 Å². The summed E-state index contributed by atoms with van der Waals surface area (Å²) in [6.07, 6.45) is 0.352. The van der Waals surface area contributed by atoms with Crippen molar-refractivity contribution in [3.63, 3.8) is 0 Å². The van der Waals surface area contributed by atoms with Gasteiger partial charge in [-0.2, -0.15) is 0 Å². The average Bonchev–Trinajstić information content (AvgIpc) is 2.84.